The Morgan fingerprint density at radius 3 is 2.74 bits per heavy atom. The van der Waals surface area contributed by atoms with E-state index in [9.17, 15) is 0 Å². The highest BCUT2D eigenvalue weighted by molar-refractivity contribution is 7.80. The van der Waals surface area contributed by atoms with E-state index in [4.69, 9.17) is 17.0 Å². The van der Waals surface area contributed by atoms with E-state index < -0.39 is 0 Å². The molecule has 0 radical (unpaired) electrons. The summed E-state index contributed by atoms with van der Waals surface area (Å²) in [6.45, 7) is 5.04. The van der Waals surface area contributed by atoms with Gasteiger partial charge in [-0.1, -0.05) is 12.1 Å². The molecule has 0 bridgehead atoms. The molecule has 1 aliphatic rings. The van der Waals surface area contributed by atoms with Gasteiger partial charge >= 0.3 is 0 Å². The highest BCUT2D eigenvalue weighted by Crippen LogP contribution is 2.18. The maximum Gasteiger partial charge on any atom is 0.173 e. The van der Waals surface area contributed by atoms with E-state index in [2.05, 4.69) is 32.6 Å². The normalized spacial score (nSPS) is 15.4. The lowest BCUT2D eigenvalue weighted by Crippen LogP contribution is -2.49. The predicted molar refractivity (Wildman–Crippen MR) is 100 cm³/mol. The molecule has 3 rings (SSSR count). The van der Waals surface area contributed by atoms with Crippen molar-refractivity contribution in [2.24, 2.45) is 0 Å². The Labute approximate surface area is 146 Å². The second-order valence-electron chi connectivity index (χ2n) is 5.50. The molecule has 122 valence electrons. The zero-order valence-electron chi connectivity index (χ0n) is 13.2. The molecule has 0 atom stereocenters. The Hall–Kier alpha value is -1.63. The van der Waals surface area contributed by atoms with Gasteiger partial charge in [-0.15, -0.1) is 11.3 Å². The van der Waals surface area contributed by atoms with Gasteiger partial charge in [0.25, 0.3) is 0 Å². The monoisotopic (exact) mass is 347 g/mol. The summed E-state index contributed by atoms with van der Waals surface area (Å²) in [6, 6.07) is 12.2. The Bertz CT molecular complexity index is 637. The molecular formula is C17H21N3OS2. The van der Waals surface area contributed by atoms with Crippen molar-refractivity contribution in [3.05, 3.63) is 46.7 Å². The van der Waals surface area contributed by atoms with Crippen LogP contribution in [-0.4, -0.2) is 48.2 Å². The number of piperazine rings is 1. The summed E-state index contributed by atoms with van der Waals surface area (Å²) in [6.07, 6.45) is 0. The fourth-order valence-electron chi connectivity index (χ4n) is 2.64. The van der Waals surface area contributed by atoms with E-state index in [1.54, 1.807) is 7.11 Å². The van der Waals surface area contributed by atoms with Crippen LogP contribution in [0.4, 0.5) is 5.69 Å². The van der Waals surface area contributed by atoms with Crippen molar-refractivity contribution < 1.29 is 4.74 Å². The van der Waals surface area contributed by atoms with Crippen LogP contribution in [0.2, 0.25) is 0 Å². The molecule has 1 aromatic heterocycles. The standard InChI is InChI=1S/C17H21N3OS2/c1-21-15-5-2-4-14(12-15)18-17(22)20-9-7-19(8-10-20)13-16-6-3-11-23-16/h2-6,11-12H,7-10,13H2,1H3,(H,18,22). The van der Waals surface area contributed by atoms with E-state index in [0.29, 0.717) is 0 Å². The fraction of sp³-hybridized carbons (Fsp3) is 0.353. The first-order valence-electron chi connectivity index (χ1n) is 7.69. The lowest BCUT2D eigenvalue weighted by Gasteiger charge is -2.36. The molecule has 1 aliphatic heterocycles. The quantitative estimate of drug-likeness (QED) is 0.857. The third-order valence-corrected chi connectivity index (χ3v) is 5.16. The molecule has 1 fully saturated rings. The van der Waals surface area contributed by atoms with Gasteiger partial charge in [0.2, 0.25) is 0 Å². The Kier molecular flexibility index (Phi) is 5.48. The molecule has 23 heavy (non-hydrogen) atoms. The molecule has 0 saturated carbocycles. The average Bonchev–Trinajstić information content (AvgIpc) is 3.08. The third-order valence-electron chi connectivity index (χ3n) is 3.94. The molecule has 4 nitrogen and oxygen atoms in total. The zero-order valence-corrected chi connectivity index (χ0v) is 14.8. The summed E-state index contributed by atoms with van der Waals surface area (Å²) in [5, 5.41) is 6.23. The first-order valence-corrected chi connectivity index (χ1v) is 8.98. The van der Waals surface area contributed by atoms with E-state index >= 15 is 0 Å². The third kappa shape index (κ3) is 4.43. The van der Waals surface area contributed by atoms with Crippen molar-refractivity contribution in [3.63, 3.8) is 0 Å². The van der Waals surface area contributed by atoms with Crippen molar-refractivity contribution >= 4 is 34.4 Å². The van der Waals surface area contributed by atoms with Gasteiger partial charge in [0, 0.05) is 49.4 Å². The van der Waals surface area contributed by atoms with E-state index in [1.807, 2.05) is 35.6 Å². The molecule has 0 unspecified atom stereocenters. The van der Waals surface area contributed by atoms with Gasteiger partial charge in [0.05, 0.1) is 7.11 Å². The highest BCUT2D eigenvalue weighted by Gasteiger charge is 2.19. The lowest BCUT2D eigenvalue weighted by atomic mass is 10.3. The first kappa shape index (κ1) is 16.2. The molecule has 2 heterocycles. The number of thiocarbonyl (C=S) groups is 1. The van der Waals surface area contributed by atoms with Crippen LogP contribution >= 0.6 is 23.6 Å². The number of methoxy groups -OCH3 is 1. The maximum absolute atomic E-state index is 5.55. The molecule has 0 spiro atoms. The largest absolute Gasteiger partial charge is 0.497 e. The smallest absolute Gasteiger partial charge is 0.173 e. The molecular weight excluding hydrogens is 326 g/mol. The van der Waals surface area contributed by atoms with Crippen LogP contribution in [0.3, 0.4) is 0 Å². The van der Waals surface area contributed by atoms with Gasteiger partial charge in [-0.2, -0.15) is 0 Å². The summed E-state index contributed by atoms with van der Waals surface area (Å²) in [5.41, 5.74) is 0.968. The highest BCUT2D eigenvalue weighted by atomic mass is 32.1. The zero-order chi connectivity index (χ0) is 16.1. The fourth-order valence-corrected chi connectivity index (χ4v) is 3.68. The number of nitrogens with zero attached hydrogens (tertiary/aromatic N) is 2. The molecule has 6 heteroatoms. The molecule has 0 aliphatic carbocycles. The van der Waals surface area contributed by atoms with Crippen molar-refractivity contribution in [3.8, 4) is 5.75 Å². The Balaban J connectivity index is 1.49. The Morgan fingerprint density at radius 1 is 1.22 bits per heavy atom. The van der Waals surface area contributed by atoms with E-state index in [1.165, 1.54) is 4.88 Å². The molecule has 1 N–H and O–H groups in total. The number of rotatable bonds is 4. The number of anilines is 1. The minimum atomic E-state index is 0.786. The Morgan fingerprint density at radius 2 is 2.04 bits per heavy atom. The van der Waals surface area contributed by atoms with Crippen molar-refractivity contribution in [1.29, 1.82) is 0 Å². The van der Waals surface area contributed by atoms with Crippen LogP contribution in [0.25, 0.3) is 0 Å². The van der Waals surface area contributed by atoms with E-state index in [-0.39, 0.29) is 0 Å². The van der Waals surface area contributed by atoms with Crippen LogP contribution in [0.1, 0.15) is 4.88 Å². The van der Waals surface area contributed by atoms with Gasteiger partial charge in [-0.05, 0) is 35.8 Å². The summed E-state index contributed by atoms with van der Waals surface area (Å²) < 4.78 is 5.24. The molecule has 0 amide bonds. The molecule has 2 aromatic rings. The van der Waals surface area contributed by atoms with Crippen molar-refractivity contribution in [1.82, 2.24) is 9.80 Å². The van der Waals surface area contributed by atoms with Gasteiger partial charge in [-0.3, -0.25) is 4.90 Å². The second-order valence-corrected chi connectivity index (χ2v) is 6.92. The van der Waals surface area contributed by atoms with Gasteiger partial charge in [0.15, 0.2) is 5.11 Å². The SMILES string of the molecule is COc1cccc(NC(=S)N2CCN(Cc3cccs3)CC2)c1. The molecule has 1 saturated heterocycles. The van der Waals surface area contributed by atoms with Gasteiger partial charge in [-0.25, -0.2) is 0 Å². The summed E-state index contributed by atoms with van der Waals surface area (Å²) in [5.74, 6) is 0.832. The van der Waals surface area contributed by atoms with Crippen LogP contribution in [-0.2, 0) is 6.54 Å². The first-order chi connectivity index (χ1) is 11.2. The number of hydrogen-bond acceptors (Lipinski definition) is 4. The van der Waals surface area contributed by atoms with Crippen LogP contribution in [0, 0.1) is 0 Å². The van der Waals surface area contributed by atoms with Crippen LogP contribution in [0.5, 0.6) is 5.75 Å². The average molecular weight is 348 g/mol. The minimum absolute atomic E-state index is 0.786. The molecule has 1 aromatic carbocycles. The van der Waals surface area contributed by atoms with E-state index in [0.717, 1.165) is 49.3 Å². The number of thiophene rings is 1. The number of benzene rings is 1. The van der Waals surface area contributed by atoms with Crippen molar-refractivity contribution in [2.45, 2.75) is 6.54 Å². The number of nitrogens with one attached hydrogen (secondary N) is 1. The van der Waals surface area contributed by atoms with Crippen LogP contribution < -0.4 is 10.1 Å². The summed E-state index contributed by atoms with van der Waals surface area (Å²) in [4.78, 5) is 6.14. The number of ether oxygens (including phenoxy) is 1. The van der Waals surface area contributed by atoms with Gasteiger partial charge in [0.1, 0.15) is 5.75 Å². The topological polar surface area (TPSA) is 27.7 Å². The predicted octanol–water partition coefficient (Wildman–Crippen LogP) is 3.27. The van der Waals surface area contributed by atoms with Crippen LogP contribution in [0.15, 0.2) is 41.8 Å². The summed E-state index contributed by atoms with van der Waals surface area (Å²) in [7, 11) is 1.67. The van der Waals surface area contributed by atoms with Gasteiger partial charge < -0.3 is 15.0 Å². The maximum atomic E-state index is 5.55. The lowest BCUT2D eigenvalue weighted by molar-refractivity contribution is 0.178. The minimum Gasteiger partial charge on any atom is -0.497 e. The second kappa shape index (κ2) is 7.77. The summed E-state index contributed by atoms with van der Waals surface area (Å²) >= 11 is 7.37. The number of hydrogen-bond donors (Lipinski definition) is 1. The van der Waals surface area contributed by atoms with Crippen molar-refractivity contribution in [2.75, 3.05) is 38.6 Å².